The van der Waals surface area contributed by atoms with E-state index in [-0.39, 0.29) is 5.56 Å². The summed E-state index contributed by atoms with van der Waals surface area (Å²) in [6.07, 6.45) is 2.73. The van der Waals surface area contributed by atoms with Crippen LogP contribution in [0.3, 0.4) is 0 Å². The molecule has 0 unspecified atom stereocenters. The second-order valence-corrected chi connectivity index (χ2v) is 5.03. The van der Waals surface area contributed by atoms with E-state index in [9.17, 15) is 14.4 Å². The van der Waals surface area contributed by atoms with Gasteiger partial charge in [0.15, 0.2) is 0 Å². The van der Waals surface area contributed by atoms with E-state index >= 15 is 0 Å². The quantitative estimate of drug-likeness (QED) is 0.863. The summed E-state index contributed by atoms with van der Waals surface area (Å²) in [4.78, 5) is 39.4. The van der Waals surface area contributed by atoms with Gasteiger partial charge >= 0.3 is 5.69 Å². The van der Waals surface area contributed by atoms with Crippen LogP contribution in [0.5, 0.6) is 0 Å². The van der Waals surface area contributed by atoms with E-state index in [4.69, 9.17) is 0 Å². The van der Waals surface area contributed by atoms with Crippen molar-refractivity contribution in [1.29, 1.82) is 0 Å². The van der Waals surface area contributed by atoms with E-state index < -0.39 is 17.2 Å². The van der Waals surface area contributed by atoms with Crippen molar-refractivity contribution >= 4 is 27.7 Å². The van der Waals surface area contributed by atoms with Crippen LogP contribution < -0.4 is 16.6 Å². The SMILES string of the molecule is Cn1cc(C(=O)Nc2ccc(Br)cn2)c(=O)n(C)c1=O. The fraction of sp³-hybridized carbons (Fsp3) is 0.167. The highest BCUT2D eigenvalue weighted by Crippen LogP contribution is 2.10. The van der Waals surface area contributed by atoms with Gasteiger partial charge in [0.25, 0.3) is 11.5 Å². The van der Waals surface area contributed by atoms with Crippen LogP contribution in [0.15, 0.2) is 38.6 Å². The predicted molar refractivity (Wildman–Crippen MR) is 76.8 cm³/mol. The fourth-order valence-electron chi connectivity index (χ4n) is 1.60. The molecule has 0 aromatic carbocycles. The van der Waals surface area contributed by atoms with E-state index in [1.165, 1.54) is 31.1 Å². The van der Waals surface area contributed by atoms with Crippen molar-refractivity contribution in [3.63, 3.8) is 0 Å². The van der Waals surface area contributed by atoms with Gasteiger partial charge in [-0.25, -0.2) is 9.78 Å². The Kier molecular flexibility index (Phi) is 3.84. The zero-order chi connectivity index (χ0) is 14.9. The average molecular weight is 339 g/mol. The van der Waals surface area contributed by atoms with E-state index in [0.717, 1.165) is 9.04 Å². The van der Waals surface area contributed by atoms with Crippen molar-refractivity contribution in [2.75, 3.05) is 5.32 Å². The number of carbonyl (C=O) groups is 1. The molecule has 104 valence electrons. The number of rotatable bonds is 2. The summed E-state index contributed by atoms with van der Waals surface area (Å²) in [5, 5.41) is 2.50. The zero-order valence-electron chi connectivity index (χ0n) is 10.8. The van der Waals surface area contributed by atoms with Crippen LogP contribution in [0.4, 0.5) is 5.82 Å². The first-order valence-electron chi connectivity index (χ1n) is 5.59. The Balaban J connectivity index is 2.37. The topological polar surface area (TPSA) is 86.0 Å². The number of hydrogen-bond donors (Lipinski definition) is 1. The summed E-state index contributed by atoms with van der Waals surface area (Å²) in [6, 6.07) is 3.30. The summed E-state index contributed by atoms with van der Waals surface area (Å²) in [5.41, 5.74) is -1.27. The Labute approximate surface area is 122 Å². The lowest BCUT2D eigenvalue weighted by atomic mass is 10.3. The highest BCUT2D eigenvalue weighted by atomic mass is 79.9. The van der Waals surface area contributed by atoms with Gasteiger partial charge in [0, 0.05) is 31.0 Å². The van der Waals surface area contributed by atoms with Crippen LogP contribution in [-0.4, -0.2) is 20.0 Å². The predicted octanol–water partition coefficient (Wildman–Crippen LogP) is 0.494. The number of pyridine rings is 1. The molecule has 0 aliphatic heterocycles. The van der Waals surface area contributed by atoms with E-state index in [1.807, 2.05) is 0 Å². The first-order chi connectivity index (χ1) is 9.40. The molecule has 0 spiro atoms. The number of nitrogens with zero attached hydrogens (tertiary/aromatic N) is 3. The number of carbonyl (C=O) groups excluding carboxylic acids is 1. The first kappa shape index (κ1) is 14.2. The van der Waals surface area contributed by atoms with Gasteiger partial charge in [0.05, 0.1) is 0 Å². The van der Waals surface area contributed by atoms with Gasteiger partial charge in [0.1, 0.15) is 11.4 Å². The largest absolute Gasteiger partial charge is 0.330 e. The molecule has 1 N–H and O–H groups in total. The minimum Gasteiger partial charge on any atom is -0.306 e. The van der Waals surface area contributed by atoms with Gasteiger partial charge < -0.3 is 9.88 Å². The molecule has 7 nitrogen and oxygen atoms in total. The Morgan fingerprint density at radius 3 is 2.60 bits per heavy atom. The van der Waals surface area contributed by atoms with Gasteiger partial charge in [-0.2, -0.15) is 0 Å². The van der Waals surface area contributed by atoms with E-state index in [2.05, 4.69) is 26.2 Å². The zero-order valence-corrected chi connectivity index (χ0v) is 12.3. The van der Waals surface area contributed by atoms with Crippen LogP contribution in [0.25, 0.3) is 0 Å². The number of halogens is 1. The summed E-state index contributed by atoms with van der Waals surface area (Å²) < 4.78 is 2.82. The lowest BCUT2D eigenvalue weighted by molar-refractivity contribution is 0.102. The van der Waals surface area contributed by atoms with Crippen molar-refractivity contribution < 1.29 is 4.79 Å². The molecule has 2 aromatic heterocycles. The summed E-state index contributed by atoms with van der Waals surface area (Å²) in [6.45, 7) is 0. The molecule has 0 saturated heterocycles. The number of nitrogens with one attached hydrogen (secondary N) is 1. The van der Waals surface area contributed by atoms with Crippen molar-refractivity contribution in [3.05, 3.63) is 55.4 Å². The minimum absolute atomic E-state index is 0.126. The van der Waals surface area contributed by atoms with Crippen molar-refractivity contribution in [2.45, 2.75) is 0 Å². The van der Waals surface area contributed by atoms with Gasteiger partial charge in [-0.15, -0.1) is 0 Å². The molecular formula is C12H11BrN4O3. The molecule has 0 bridgehead atoms. The number of hydrogen-bond acceptors (Lipinski definition) is 4. The molecular weight excluding hydrogens is 328 g/mol. The molecule has 0 aliphatic rings. The van der Waals surface area contributed by atoms with Crippen molar-refractivity contribution in [2.24, 2.45) is 14.1 Å². The van der Waals surface area contributed by atoms with Gasteiger partial charge in [-0.1, -0.05) is 0 Å². The first-order valence-corrected chi connectivity index (χ1v) is 6.39. The van der Waals surface area contributed by atoms with Crippen LogP contribution in [0.1, 0.15) is 10.4 Å². The lowest BCUT2D eigenvalue weighted by Crippen LogP contribution is -2.40. The summed E-state index contributed by atoms with van der Waals surface area (Å²) >= 11 is 3.23. The minimum atomic E-state index is -0.650. The lowest BCUT2D eigenvalue weighted by Gasteiger charge is -2.07. The van der Waals surface area contributed by atoms with E-state index in [0.29, 0.717) is 5.82 Å². The Morgan fingerprint density at radius 1 is 1.30 bits per heavy atom. The van der Waals surface area contributed by atoms with Gasteiger partial charge in [-0.3, -0.25) is 14.2 Å². The molecule has 0 atom stereocenters. The van der Waals surface area contributed by atoms with Crippen molar-refractivity contribution in [1.82, 2.24) is 14.1 Å². The summed E-state index contributed by atoms with van der Waals surface area (Å²) in [5.74, 6) is -0.301. The monoisotopic (exact) mass is 338 g/mol. The molecule has 0 aliphatic carbocycles. The maximum Gasteiger partial charge on any atom is 0.330 e. The third-order valence-electron chi connectivity index (χ3n) is 2.66. The number of aryl methyl sites for hydroxylation is 1. The highest BCUT2D eigenvalue weighted by molar-refractivity contribution is 9.10. The molecule has 1 amide bonds. The smallest absolute Gasteiger partial charge is 0.306 e. The average Bonchev–Trinajstić information content (AvgIpc) is 2.43. The normalized spacial score (nSPS) is 10.3. The molecule has 2 aromatic rings. The van der Waals surface area contributed by atoms with Gasteiger partial charge in [-0.05, 0) is 28.1 Å². The highest BCUT2D eigenvalue weighted by Gasteiger charge is 2.15. The van der Waals surface area contributed by atoms with Crippen molar-refractivity contribution in [3.8, 4) is 0 Å². The second kappa shape index (κ2) is 5.41. The van der Waals surface area contributed by atoms with Gasteiger partial charge in [0.2, 0.25) is 0 Å². The molecule has 8 heteroatoms. The molecule has 0 fully saturated rings. The fourth-order valence-corrected chi connectivity index (χ4v) is 1.83. The number of aromatic nitrogens is 3. The molecule has 0 saturated carbocycles. The second-order valence-electron chi connectivity index (χ2n) is 4.12. The number of amides is 1. The molecule has 0 radical (unpaired) electrons. The molecule has 20 heavy (non-hydrogen) atoms. The number of anilines is 1. The Morgan fingerprint density at radius 2 is 2.00 bits per heavy atom. The summed E-state index contributed by atoms with van der Waals surface area (Å²) in [7, 11) is 2.79. The van der Waals surface area contributed by atoms with Crippen LogP contribution in [0.2, 0.25) is 0 Å². The van der Waals surface area contributed by atoms with Crippen LogP contribution in [0, 0.1) is 0 Å². The van der Waals surface area contributed by atoms with Crippen LogP contribution in [-0.2, 0) is 14.1 Å². The van der Waals surface area contributed by atoms with E-state index in [1.54, 1.807) is 12.1 Å². The molecule has 2 heterocycles. The third-order valence-corrected chi connectivity index (χ3v) is 3.13. The van der Waals surface area contributed by atoms with Crippen LogP contribution >= 0.6 is 15.9 Å². The standard InChI is InChI=1S/C12H11BrN4O3/c1-16-6-8(11(19)17(2)12(16)20)10(18)15-9-4-3-7(13)5-14-9/h3-6H,1-2H3,(H,14,15,18). The Bertz CT molecular complexity index is 777. The maximum absolute atomic E-state index is 12.0. The Hall–Kier alpha value is -2.22. The maximum atomic E-state index is 12.0. The molecule has 2 rings (SSSR count). The third kappa shape index (κ3) is 2.69.